The minimum atomic E-state index is -3.53. The highest BCUT2D eigenvalue weighted by Crippen LogP contribution is 2.25. The molecular formula is C20H23N3O3S. The lowest BCUT2D eigenvalue weighted by molar-refractivity contribution is 0.138. The molecule has 0 radical (unpaired) electrons. The molecule has 0 bridgehead atoms. The summed E-state index contributed by atoms with van der Waals surface area (Å²) in [6, 6.07) is 10.7. The first-order valence-electron chi connectivity index (χ1n) is 9.00. The third kappa shape index (κ3) is 4.85. The average Bonchev–Trinajstić information content (AvgIpc) is 2.63. The first-order chi connectivity index (χ1) is 12.9. The summed E-state index contributed by atoms with van der Waals surface area (Å²) < 4.78 is 34.1. The third-order valence-corrected chi connectivity index (χ3v) is 6.45. The second kappa shape index (κ2) is 8.07. The molecule has 27 heavy (non-hydrogen) atoms. The van der Waals surface area contributed by atoms with E-state index in [0.717, 1.165) is 24.0 Å². The molecule has 6 nitrogen and oxygen atoms in total. The maximum Gasteiger partial charge on any atom is 0.241 e. The van der Waals surface area contributed by atoms with Gasteiger partial charge in [0.25, 0.3) is 0 Å². The van der Waals surface area contributed by atoms with Crippen molar-refractivity contribution in [2.45, 2.75) is 56.6 Å². The number of ether oxygens (including phenoxy) is 1. The molecule has 3 rings (SSSR count). The lowest BCUT2D eigenvalue weighted by atomic mass is 9.94. The summed E-state index contributed by atoms with van der Waals surface area (Å²) in [5.41, 5.74) is 2.29. The number of pyridine rings is 1. The Hall–Kier alpha value is -2.43. The van der Waals surface area contributed by atoms with E-state index in [1.54, 1.807) is 18.2 Å². The van der Waals surface area contributed by atoms with Crippen molar-refractivity contribution in [3.63, 3.8) is 0 Å². The van der Waals surface area contributed by atoms with Gasteiger partial charge in [0.15, 0.2) is 0 Å². The fraction of sp³-hybridized carbons (Fsp3) is 0.400. The Balaban J connectivity index is 1.56. The summed E-state index contributed by atoms with van der Waals surface area (Å²) in [4.78, 5) is 4.46. The topological polar surface area (TPSA) is 92.1 Å². The number of hydrogen-bond donors (Lipinski definition) is 1. The van der Waals surface area contributed by atoms with Crippen molar-refractivity contribution >= 4 is 10.0 Å². The highest BCUT2D eigenvalue weighted by Gasteiger charge is 2.27. The van der Waals surface area contributed by atoms with Crippen LogP contribution in [0.5, 0.6) is 5.88 Å². The monoisotopic (exact) mass is 385 g/mol. The van der Waals surface area contributed by atoms with Gasteiger partial charge in [0.05, 0.1) is 10.5 Å². The minimum absolute atomic E-state index is 0.00676. The molecule has 1 saturated carbocycles. The molecule has 1 N–H and O–H groups in total. The van der Waals surface area contributed by atoms with Crippen LogP contribution in [0.2, 0.25) is 0 Å². The molecule has 1 aromatic carbocycles. The fourth-order valence-corrected chi connectivity index (χ4v) is 4.90. The van der Waals surface area contributed by atoms with Crippen molar-refractivity contribution in [2.24, 2.45) is 0 Å². The summed E-state index contributed by atoms with van der Waals surface area (Å²) in [6.45, 7) is 3.76. The van der Waals surface area contributed by atoms with Gasteiger partial charge >= 0.3 is 0 Å². The Bertz CT molecular complexity index is 941. The van der Waals surface area contributed by atoms with Gasteiger partial charge in [-0.15, -0.1) is 0 Å². The van der Waals surface area contributed by atoms with E-state index >= 15 is 0 Å². The molecule has 1 aliphatic rings. The summed E-state index contributed by atoms with van der Waals surface area (Å²) in [7, 11) is -3.53. The van der Waals surface area contributed by atoms with Gasteiger partial charge in [0.1, 0.15) is 12.2 Å². The predicted molar refractivity (Wildman–Crippen MR) is 102 cm³/mol. The van der Waals surface area contributed by atoms with Gasteiger partial charge in [-0.1, -0.05) is 17.7 Å². The molecule has 7 heteroatoms. The Morgan fingerprint density at radius 2 is 1.89 bits per heavy atom. The first-order valence-corrected chi connectivity index (χ1v) is 10.5. The number of benzene rings is 1. The number of aryl methyl sites for hydroxylation is 2. The zero-order valence-electron chi connectivity index (χ0n) is 15.5. The summed E-state index contributed by atoms with van der Waals surface area (Å²) in [6.07, 6.45) is 4.42. The second-order valence-electron chi connectivity index (χ2n) is 6.98. The Kier molecular flexibility index (Phi) is 5.78. The number of nitrogens with zero attached hydrogens (tertiary/aromatic N) is 2. The predicted octanol–water partition coefficient (Wildman–Crippen LogP) is 3.24. The van der Waals surface area contributed by atoms with Crippen LogP contribution in [0.25, 0.3) is 0 Å². The van der Waals surface area contributed by atoms with Crippen LogP contribution in [-0.4, -0.2) is 25.5 Å². The molecular weight excluding hydrogens is 362 g/mol. The van der Waals surface area contributed by atoms with E-state index in [1.807, 2.05) is 32.0 Å². The lowest BCUT2D eigenvalue weighted by Crippen LogP contribution is -2.39. The molecule has 142 valence electrons. The van der Waals surface area contributed by atoms with Gasteiger partial charge in [0, 0.05) is 18.3 Å². The molecule has 0 aliphatic heterocycles. The number of hydrogen-bond acceptors (Lipinski definition) is 5. The van der Waals surface area contributed by atoms with Crippen molar-refractivity contribution in [3.8, 4) is 11.9 Å². The van der Waals surface area contributed by atoms with Crippen LogP contribution in [0.4, 0.5) is 0 Å². The number of rotatable bonds is 5. The summed E-state index contributed by atoms with van der Waals surface area (Å²) in [5, 5.41) is 8.80. The van der Waals surface area contributed by atoms with Gasteiger partial charge in [-0.05, 0) is 57.2 Å². The van der Waals surface area contributed by atoms with E-state index in [1.165, 1.54) is 6.20 Å². The van der Waals surface area contributed by atoms with Crippen molar-refractivity contribution < 1.29 is 13.2 Å². The van der Waals surface area contributed by atoms with Gasteiger partial charge < -0.3 is 4.74 Å². The van der Waals surface area contributed by atoms with Crippen molar-refractivity contribution in [1.82, 2.24) is 9.71 Å². The molecule has 0 saturated heterocycles. The highest BCUT2D eigenvalue weighted by molar-refractivity contribution is 7.89. The van der Waals surface area contributed by atoms with Crippen LogP contribution in [-0.2, 0) is 10.0 Å². The normalized spacial score (nSPS) is 20.0. The molecule has 1 heterocycles. The van der Waals surface area contributed by atoms with Crippen LogP contribution in [0.1, 0.15) is 42.4 Å². The molecule has 1 aromatic heterocycles. The molecule has 0 spiro atoms. The Morgan fingerprint density at radius 1 is 1.15 bits per heavy atom. The minimum Gasteiger partial charge on any atom is -0.474 e. The molecule has 0 amide bonds. The largest absolute Gasteiger partial charge is 0.474 e. The molecule has 0 unspecified atom stereocenters. The van der Waals surface area contributed by atoms with E-state index in [4.69, 9.17) is 10.00 Å². The van der Waals surface area contributed by atoms with E-state index in [2.05, 4.69) is 9.71 Å². The van der Waals surface area contributed by atoms with Gasteiger partial charge in [-0.3, -0.25) is 0 Å². The van der Waals surface area contributed by atoms with Crippen molar-refractivity contribution in [2.75, 3.05) is 0 Å². The number of aromatic nitrogens is 1. The van der Waals surface area contributed by atoms with Crippen LogP contribution in [0, 0.1) is 25.2 Å². The maximum absolute atomic E-state index is 12.7. The van der Waals surface area contributed by atoms with E-state index in [0.29, 0.717) is 29.2 Å². The highest BCUT2D eigenvalue weighted by atomic mass is 32.2. The standard InChI is InChI=1S/C20H23N3O3S/c1-14-3-9-19(15(2)11-14)27(24,25)23-17-5-7-18(8-6-17)26-20-10-4-16(12-21)13-22-20/h3-4,9-11,13,17-18,23H,5-8H2,1-2H3. The molecule has 0 atom stereocenters. The SMILES string of the molecule is Cc1ccc(S(=O)(=O)NC2CCC(Oc3ccc(C#N)cn3)CC2)c(C)c1. The smallest absolute Gasteiger partial charge is 0.241 e. The fourth-order valence-electron chi connectivity index (χ4n) is 3.37. The van der Waals surface area contributed by atoms with E-state index in [9.17, 15) is 8.42 Å². The quantitative estimate of drug-likeness (QED) is 0.853. The third-order valence-electron chi connectivity index (χ3n) is 4.77. The zero-order chi connectivity index (χ0) is 19.4. The Labute approximate surface area is 160 Å². The lowest BCUT2D eigenvalue weighted by Gasteiger charge is -2.29. The van der Waals surface area contributed by atoms with Crippen molar-refractivity contribution in [3.05, 3.63) is 53.2 Å². The molecule has 1 fully saturated rings. The van der Waals surface area contributed by atoms with E-state index in [-0.39, 0.29) is 12.1 Å². The van der Waals surface area contributed by atoms with Gasteiger partial charge in [0.2, 0.25) is 15.9 Å². The summed E-state index contributed by atoms with van der Waals surface area (Å²) in [5.74, 6) is 0.494. The summed E-state index contributed by atoms with van der Waals surface area (Å²) >= 11 is 0. The van der Waals surface area contributed by atoms with Gasteiger partial charge in [-0.25, -0.2) is 18.1 Å². The maximum atomic E-state index is 12.7. The van der Waals surface area contributed by atoms with Gasteiger partial charge in [-0.2, -0.15) is 5.26 Å². The Morgan fingerprint density at radius 3 is 2.48 bits per heavy atom. The first kappa shape index (κ1) is 19.3. The van der Waals surface area contributed by atoms with Crippen LogP contribution in [0.3, 0.4) is 0 Å². The zero-order valence-corrected chi connectivity index (χ0v) is 16.3. The number of nitrogens with one attached hydrogen (secondary N) is 1. The number of sulfonamides is 1. The van der Waals surface area contributed by atoms with Crippen LogP contribution < -0.4 is 9.46 Å². The number of nitriles is 1. The van der Waals surface area contributed by atoms with Crippen LogP contribution in [0.15, 0.2) is 41.4 Å². The molecule has 2 aromatic rings. The average molecular weight is 385 g/mol. The van der Waals surface area contributed by atoms with Crippen molar-refractivity contribution in [1.29, 1.82) is 5.26 Å². The van der Waals surface area contributed by atoms with Crippen LogP contribution >= 0.6 is 0 Å². The second-order valence-corrected chi connectivity index (χ2v) is 8.66. The van der Waals surface area contributed by atoms with E-state index < -0.39 is 10.0 Å². The molecule has 1 aliphatic carbocycles.